The topological polar surface area (TPSA) is 104 Å². The van der Waals surface area contributed by atoms with Crippen LogP contribution < -0.4 is 9.62 Å². The first kappa shape index (κ1) is 28.8. The maximum Gasteiger partial charge on any atom is 0.239 e. The van der Waals surface area contributed by atoms with Crippen LogP contribution in [-0.2, 0) is 30.4 Å². The Morgan fingerprint density at radius 3 is 2.05 bits per heavy atom. The molecule has 1 fully saturated rings. The number of nitrogens with zero attached hydrogens (tertiary/aromatic N) is 2. The number of rotatable bonds is 11. The zero-order chi connectivity index (χ0) is 27.9. The zero-order valence-electron chi connectivity index (χ0n) is 22.1. The molecule has 39 heavy (non-hydrogen) atoms. The van der Waals surface area contributed by atoms with Crippen molar-refractivity contribution in [3.63, 3.8) is 0 Å². The first-order valence-electron chi connectivity index (χ1n) is 13.0. The van der Waals surface area contributed by atoms with E-state index in [9.17, 15) is 21.6 Å². The Labute approximate surface area is 231 Å². The maximum absolute atomic E-state index is 13.4. The van der Waals surface area contributed by atoms with Gasteiger partial charge in [0, 0.05) is 31.5 Å². The Balaban J connectivity index is 1.29. The fourth-order valence-electron chi connectivity index (χ4n) is 4.79. The van der Waals surface area contributed by atoms with Gasteiger partial charge in [-0.3, -0.25) is 9.10 Å². The zero-order valence-corrected chi connectivity index (χ0v) is 23.7. The van der Waals surface area contributed by atoms with Gasteiger partial charge in [0.15, 0.2) is 9.84 Å². The summed E-state index contributed by atoms with van der Waals surface area (Å²) >= 11 is 0. The van der Waals surface area contributed by atoms with Crippen molar-refractivity contribution >= 4 is 37.1 Å². The van der Waals surface area contributed by atoms with Gasteiger partial charge < -0.3 is 10.2 Å². The minimum absolute atomic E-state index is 0.0586. The van der Waals surface area contributed by atoms with E-state index in [1.54, 1.807) is 12.1 Å². The molecule has 1 N–H and O–H groups in total. The van der Waals surface area contributed by atoms with E-state index >= 15 is 0 Å². The molecule has 208 valence electrons. The molecule has 0 saturated carbocycles. The number of hydrogen-bond donors (Lipinski definition) is 1. The molecule has 0 atom stereocenters. The van der Waals surface area contributed by atoms with Gasteiger partial charge in [-0.15, -0.1) is 0 Å². The highest BCUT2D eigenvalue weighted by Crippen LogP contribution is 2.24. The van der Waals surface area contributed by atoms with Crippen LogP contribution in [0.25, 0.3) is 0 Å². The van der Waals surface area contributed by atoms with Gasteiger partial charge in [-0.2, -0.15) is 0 Å². The van der Waals surface area contributed by atoms with Gasteiger partial charge in [0.25, 0.3) is 0 Å². The molecule has 0 radical (unpaired) electrons. The highest BCUT2D eigenvalue weighted by atomic mass is 32.2. The Morgan fingerprint density at radius 2 is 1.46 bits per heavy atom. The van der Waals surface area contributed by atoms with Crippen LogP contribution in [0.1, 0.15) is 24.8 Å². The molecule has 0 aliphatic carbocycles. The second kappa shape index (κ2) is 12.8. The lowest BCUT2D eigenvalue weighted by Crippen LogP contribution is -2.42. The van der Waals surface area contributed by atoms with Crippen molar-refractivity contribution in [3.05, 3.63) is 90.5 Å². The molecule has 10 heteroatoms. The van der Waals surface area contributed by atoms with Gasteiger partial charge in [-0.1, -0.05) is 48.5 Å². The van der Waals surface area contributed by atoms with E-state index in [-0.39, 0.29) is 22.5 Å². The second-order valence-electron chi connectivity index (χ2n) is 9.98. The highest BCUT2D eigenvalue weighted by molar-refractivity contribution is 7.92. The van der Waals surface area contributed by atoms with Gasteiger partial charge in [0.1, 0.15) is 0 Å². The third kappa shape index (κ3) is 8.39. The lowest BCUT2D eigenvalue weighted by atomic mass is 9.93. The van der Waals surface area contributed by atoms with Crippen LogP contribution in [-0.4, -0.2) is 60.1 Å². The average molecular weight is 570 g/mol. The normalized spacial score (nSPS) is 15.1. The summed E-state index contributed by atoms with van der Waals surface area (Å²) in [6.07, 6.45) is 3.24. The SMILES string of the molecule is CS(=O)(=O)c1ccc(NC(=O)CC2CCN(CCN(c3ccccc3)S(=O)(=O)Cc3ccccc3)CC2)cc1. The molecule has 1 aliphatic rings. The van der Waals surface area contributed by atoms with E-state index < -0.39 is 19.9 Å². The third-order valence-corrected chi connectivity index (χ3v) is 9.83. The number of sulfone groups is 1. The van der Waals surface area contributed by atoms with E-state index in [0.717, 1.165) is 37.8 Å². The Morgan fingerprint density at radius 1 is 0.872 bits per heavy atom. The maximum atomic E-state index is 13.4. The minimum Gasteiger partial charge on any atom is -0.326 e. The number of amides is 1. The molecule has 3 aromatic carbocycles. The van der Waals surface area contributed by atoms with Gasteiger partial charge >= 0.3 is 0 Å². The minimum atomic E-state index is -3.58. The highest BCUT2D eigenvalue weighted by Gasteiger charge is 2.26. The average Bonchev–Trinajstić information content (AvgIpc) is 2.90. The number of likely N-dealkylation sites (tertiary alicyclic amines) is 1. The van der Waals surface area contributed by atoms with Crippen molar-refractivity contribution < 1.29 is 21.6 Å². The van der Waals surface area contributed by atoms with Crippen molar-refractivity contribution in [2.45, 2.75) is 29.9 Å². The van der Waals surface area contributed by atoms with Crippen LogP contribution in [0.5, 0.6) is 0 Å². The monoisotopic (exact) mass is 569 g/mol. The van der Waals surface area contributed by atoms with Gasteiger partial charge in [0.05, 0.1) is 16.3 Å². The largest absolute Gasteiger partial charge is 0.326 e. The summed E-state index contributed by atoms with van der Waals surface area (Å²) in [4.78, 5) is 15.0. The standard InChI is InChI=1S/C29H35N3O5S2/c1-38(34,35)28-14-12-26(13-15-28)30-29(33)22-24-16-18-31(19-17-24)20-21-32(27-10-6-3-7-11-27)39(36,37)23-25-8-4-2-5-9-25/h2-15,24H,16-23H2,1H3,(H,30,33). The van der Waals surface area contributed by atoms with Crippen LogP contribution in [0.2, 0.25) is 0 Å². The number of para-hydroxylation sites is 1. The summed E-state index contributed by atoms with van der Waals surface area (Å²) in [6.45, 7) is 2.55. The first-order chi connectivity index (χ1) is 18.6. The molecule has 0 bridgehead atoms. The fourth-order valence-corrected chi connectivity index (χ4v) is 6.99. The van der Waals surface area contributed by atoms with Crippen LogP contribution in [0.4, 0.5) is 11.4 Å². The predicted octanol–water partition coefficient (Wildman–Crippen LogP) is 4.17. The molecule has 0 spiro atoms. The number of anilines is 2. The van der Waals surface area contributed by atoms with Gasteiger partial charge in [0.2, 0.25) is 15.9 Å². The number of hydrogen-bond acceptors (Lipinski definition) is 6. The lowest BCUT2D eigenvalue weighted by molar-refractivity contribution is -0.117. The molecule has 0 aromatic heterocycles. The fraction of sp³-hybridized carbons (Fsp3) is 0.345. The van der Waals surface area contributed by atoms with Crippen molar-refractivity contribution in [1.29, 1.82) is 0 Å². The molecular formula is C29H35N3O5S2. The quantitative estimate of drug-likeness (QED) is 0.372. The molecule has 1 aliphatic heterocycles. The summed E-state index contributed by atoms with van der Waals surface area (Å²) < 4.78 is 51.5. The van der Waals surface area contributed by atoms with Crippen molar-refractivity contribution in [1.82, 2.24) is 4.90 Å². The predicted molar refractivity (Wildman–Crippen MR) is 155 cm³/mol. The molecule has 1 heterocycles. The van der Waals surface area contributed by atoms with Crippen molar-refractivity contribution in [2.24, 2.45) is 5.92 Å². The summed E-state index contributed by atoms with van der Waals surface area (Å²) in [6, 6.07) is 24.6. The first-order valence-corrected chi connectivity index (χ1v) is 16.5. The number of piperidine rings is 1. The Hall–Kier alpha value is -3.21. The van der Waals surface area contributed by atoms with Crippen LogP contribution in [0.15, 0.2) is 89.8 Å². The van der Waals surface area contributed by atoms with E-state index in [4.69, 9.17) is 0 Å². The third-order valence-electron chi connectivity index (χ3n) is 6.94. The molecule has 1 amide bonds. The van der Waals surface area contributed by atoms with Gasteiger partial charge in [-0.05, 0) is 73.8 Å². The Kier molecular flexibility index (Phi) is 9.42. The summed E-state index contributed by atoms with van der Waals surface area (Å²) in [7, 11) is -6.85. The number of sulfonamides is 1. The molecule has 8 nitrogen and oxygen atoms in total. The molecule has 0 unspecified atom stereocenters. The lowest BCUT2D eigenvalue weighted by Gasteiger charge is -2.33. The molecule has 1 saturated heterocycles. The van der Waals surface area contributed by atoms with E-state index in [0.29, 0.717) is 30.9 Å². The van der Waals surface area contributed by atoms with E-state index in [2.05, 4.69) is 10.2 Å². The second-order valence-corrected chi connectivity index (χ2v) is 13.9. The van der Waals surface area contributed by atoms with Crippen LogP contribution in [0.3, 0.4) is 0 Å². The Bertz CT molecular complexity index is 1440. The van der Waals surface area contributed by atoms with Crippen LogP contribution >= 0.6 is 0 Å². The summed E-state index contributed by atoms with van der Waals surface area (Å²) in [5.41, 5.74) is 1.98. The molecule has 4 rings (SSSR count). The number of carbonyl (C=O) groups is 1. The van der Waals surface area contributed by atoms with E-state index in [1.165, 1.54) is 16.4 Å². The van der Waals surface area contributed by atoms with Crippen molar-refractivity contribution in [3.8, 4) is 0 Å². The van der Waals surface area contributed by atoms with E-state index in [1.807, 2.05) is 60.7 Å². The smallest absolute Gasteiger partial charge is 0.239 e. The molecular weight excluding hydrogens is 534 g/mol. The van der Waals surface area contributed by atoms with Crippen LogP contribution in [0, 0.1) is 5.92 Å². The number of nitrogens with one attached hydrogen (secondary N) is 1. The molecule has 3 aromatic rings. The summed E-state index contributed by atoms with van der Waals surface area (Å²) in [5, 5.41) is 2.85. The number of carbonyl (C=O) groups excluding carboxylic acids is 1. The van der Waals surface area contributed by atoms with Crippen molar-refractivity contribution in [2.75, 3.05) is 42.1 Å². The van der Waals surface area contributed by atoms with Gasteiger partial charge in [-0.25, -0.2) is 16.8 Å². The number of benzene rings is 3. The summed E-state index contributed by atoms with van der Waals surface area (Å²) in [5.74, 6) is 0.0862.